The van der Waals surface area contributed by atoms with E-state index in [-0.39, 0.29) is 17.7 Å². The van der Waals surface area contributed by atoms with E-state index >= 15 is 0 Å². The number of anilines is 2. The van der Waals surface area contributed by atoms with Gasteiger partial charge in [-0.2, -0.15) is 0 Å². The second-order valence-electron chi connectivity index (χ2n) is 7.00. The number of hydrogen-bond acceptors (Lipinski definition) is 5. The van der Waals surface area contributed by atoms with Crippen molar-refractivity contribution < 1.29 is 14.3 Å². The molecule has 28 heavy (non-hydrogen) atoms. The minimum atomic E-state index is -0.0952. The summed E-state index contributed by atoms with van der Waals surface area (Å²) in [6.45, 7) is 5.92. The molecule has 1 aliphatic rings. The molecule has 3 rings (SSSR count). The fraction of sp³-hybridized carbons (Fsp3) is 0.381. The van der Waals surface area contributed by atoms with Crippen LogP contribution in [0, 0.1) is 5.92 Å². The zero-order valence-electron chi connectivity index (χ0n) is 16.5. The van der Waals surface area contributed by atoms with Crippen LogP contribution in [0.2, 0.25) is 0 Å². The Hall–Kier alpha value is -3.09. The van der Waals surface area contributed by atoms with Crippen LogP contribution in [0.15, 0.2) is 42.6 Å². The maximum atomic E-state index is 13.1. The van der Waals surface area contributed by atoms with Gasteiger partial charge in [0.05, 0.1) is 18.4 Å². The molecule has 1 aromatic heterocycles. The standard InChI is InChI=1S/C21H26N4O3/c1-15(2)20(26)24-11-13-25(14-12-24)21(27)16-7-6-10-22-19(16)23-17-8-4-5-9-18(17)28-3/h4-10,15H,11-14H2,1-3H3,(H,22,23). The number of ether oxygens (including phenoxy) is 1. The Bertz CT molecular complexity index is 845. The van der Waals surface area contributed by atoms with Crippen LogP contribution < -0.4 is 10.1 Å². The summed E-state index contributed by atoms with van der Waals surface area (Å²) < 4.78 is 5.36. The van der Waals surface area contributed by atoms with E-state index in [1.54, 1.807) is 30.3 Å². The number of carbonyl (C=O) groups is 2. The van der Waals surface area contributed by atoms with Gasteiger partial charge in [0.25, 0.3) is 5.91 Å². The zero-order valence-corrected chi connectivity index (χ0v) is 16.5. The summed E-state index contributed by atoms with van der Waals surface area (Å²) in [7, 11) is 1.60. The van der Waals surface area contributed by atoms with E-state index < -0.39 is 0 Å². The Morgan fingerprint density at radius 1 is 1.04 bits per heavy atom. The van der Waals surface area contributed by atoms with Crippen LogP contribution in [0.3, 0.4) is 0 Å². The minimum absolute atomic E-state index is 0.0303. The molecule has 0 spiro atoms. The molecule has 0 radical (unpaired) electrons. The molecular formula is C21H26N4O3. The first-order valence-electron chi connectivity index (χ1n) is 9.44. The Morgan fingerprint density at radius 3 is 2.39 bits per heavy atom. The molecule has 0 bridgehead atoms. The van der Waals surface area contributed by atoms with Gasteiger partial charge in [0.2, 0.25) is 5.91 Å². The van der Waals surface area contributed by atoms with Crippen molar-refractivity contribution in [3.63, 3.8) is 0 Å². The Morgan fingerprint density at radius 2 is 1.71 bits per heavy atom. The topological polar surface area (TPSA) is 74.8 Å². The SMILES string of the molecule is COc1ccccc1Nc1ncccc1C(=O)N1CCN(C(=O)C(C)C)CC1. The molecule has 2 heterocycles. The molecule has 148 valence electrons. The molecule has 1 fully saturated rings. The average molecular weight is 382 g/mol. The molecule has 2 amide bonds. The van der Waals surface area contributed by atoms with Crippen molar-refractivity contribution >= 4 is 23.3 Å². The summed E-state index contributed by atoms with van der Waals surface area (Å²) in [5.41, 5.74) is 1.24. The quantitative estimate of drug-likeness (QED) is 0.861. The summed E-state index contributed by atoms with van der Waals surface area (Å²) in [6.07, 6.45) is 1.65. The third kappa shape index (κ3) is 4.24. The van der Waals surface area contributed by atoms with E-state index in [0.717, 1.165) is 5.69 Å². The monoisotopic (exact) mass is 382 g/mol. The summed E-state index contributed by atoms with van der Waals surface area (Å²) in [5.74, 6) is 1.16. The van der Waals surface area contributed by atoms with Crippen molar-refractivity contribution in [2.75, 3.05) is 38.6 Å². The number of para-hydroxylation sites is 2. The molecule has 7 heteroatoms. The molecule has 1 aromatic carbocycles. The van der Waals surface area contributed by atoms with Gasteiger partial charge in [-0.3, -0.25) is 9.59 Å². The van der Waals surface area contributed by atoms with Crippen LogP contribution in [0.1, 0.15) is 24.2 Å². The van der Waals surface area contributed by atoms with Crippen molar-refractivity contribution in [2.45, 2.75) is 13.8 Å². The number of amides is 2. The van der Waals surface area contributed by atoms with Gasteiger partial charge < -0.3 is 19.9 Å². The van der Waals surface area contributed by atoms with E-state index in [9.17, 15) is 9.59 Å². The van der Waals surface area contributed by atoms with Crippen LogP contribution in [-0.2, 0) is 4.79 Å². The zero-order chi connectivity index (χ0) is 20.1. The number of nitrogens with zero attached hydrogens (tertiary/aromatic N) is 3. The van der Waals surface area contributed by atoms with Crippen LogP contribution in [0.4, 0.5) is 11.5 Å². The van der Waals surface area contributed by atoms with Gasteiger partial charge >= 0.3 is 0 Å². The van der Waals surface area contributed by atoms with Crippen molar-refractivity contribution in [1.29, 1.82) is 0 Å². The number of benzene rings is 1. The first kappa shape index (κ1) is 19.7. The van der Waals surface area contributed by atoms with E-state index in [1.165, 1.54) is 0 Å². The molecule has 2 aromatic rings. The van der Waals surface area contributed by atoms with Gasteiger partial charge in [-0.25, -0.2) is 4.98 Å². The lowest BCUT2D eigenvalue weighted by Gasteiger charge is -2.35. The van der Waals surface area contributed by atoms with Crippen molar-refractivity contribution in [2.24, 2.45) is 5.92 Å². The van der Waals surface area contributed by atoms with Gasteiger partial charge in [-0.15, -0.1) is 0 Å². The van der Waals surface area contributed by atoms with Crippen LogP contribution in [0.5, 0.6) is 5.75 Å². The maximum absolute atomic E-state index is 13.1. The fourth-order valence-electron chi connectivity index (χ4n) is 3.22. The molecule has 7 nitrogen and oxygen atoms in total. The summed E-state index contributed by atoms with van der Waals surface area (Å²) >= 11 is 0. The Kier molecular flexibility index (Phi) is 6.13. The highest BCUT2D eigenvalue weighted by Crippen LogP contribution is 2.28. The number of piperazine rings is 1. The summed E-state index contributed by atoms with van der Waals surface area (Å²) in [4.78, 5) is 33.2. The first-order valence-corrected chi connectivity index (χ1v) is 9.44. The third-order valence-electron chi connectivity index (χ3n) is 4.77. The second-order valence-corrected chi connectivity index (χ2v) is 7.00. The van der Waals surface area contributed by atoms with Gasteiger partial charge in [0, 0.05) is 38.3 Å². The smallest absolute Gasteiger partial charge is 0.257 e. The number of carbonyl (C=O) groups excluding carboxylic acids is 2. The number of methoxy groups -OCH3 is 1. The Balaban J connectivity index is 1.74. The largest absolute Gasteiger partial charge is 0.495 e. The highest BCUT2D eigenvalue weighted by Gasteiger charge is 2.27. The third-order valence-corrected chi connectivity index (χ3v) is 4.77. The van der Waals surface area contributed by atoms with Crippen LogP contribution in [0.25, 0.3) is 0 Å². The molecule has 1 saturated heterocycles. The number of hydrogen-bond donors (Lipinski definition) is 1. The molecule has 0 aliphatic carbocycles. The van der Waals surface area contributed by atoms with Crippen molar-refractivity contribution in [3.8, 4) is 5.75 Å². The van der Waals surface area contributed by atoms with Gasteiger partial charge in [-0.1, -0.05) is 26.0 Å². The predicted molar refractivity (Wildman–Crippen MR) is 108 cm³/mol. The average Bonchev–Trinajstić information content (AvgIpc) is 2.73. The lowest BCUT2D eigenvalue weighted by Crippen LogP contribution is -2.51. The van der Waals surface area contributed by atoms with Crippen LogP contribution in [-0.4, -0.2) is 59.9 Å². The molecular weight excluding hydrogens is 356 g/mol. The molecule has 0 atom stereocenters. The number of rotatable bonds is 5. The predicted octanol–water partition coefficient (Wildman–Crippen LogP) is 2.77. The van der Waals surface area contributed by atoms with E-state index in [1.807, 2.05) is 43.0 Å². The van der Waals surface area contributed by atoms with E-state index in [0.29, 0.717) is 43.3 Å². The fourth-order valence-corrected chi connectivity index (χ4v) is 3.22. The molecule has 1 aliphatic heterocycles. The van der Waals surface area contributed by atoms with E-state index in [2.05, 4.69) is 10.3 Å². The van der Waals surface area contributed by atoms with Gasteiger partial charge in [-0.05, 0) is 24.3 Å². The lowest BCUT2D eigenvalue weighted by atomic mass is 10.1. The van der Waals surface area contributed by atoms with Crippen molar-refractivity contribution in [3.05, 3.63) is 48.2 Å². The van der Waals surface area contributed by atoms with Gasteiger partial charge in [0.15, 0.2) is 0 Å². The van der Waals surface area contributed by atoms with Gasteiger partial charge in [0.1, 0.15) is 11.6 Å². The summed E-state index contributed by atoms with van der Waals surface area (Å²) in [6, 6.07) is 11.0. The first-order chi connectivity index (χ1) is 13.5. The highest BCUT2D eigenvalue weighted by atomic mass is 16.5. The minimum Gasteiger partial charge on any atom is -0.495 e. The number of pyridine rings is 1. The molecule has 0 saturated carbocycles. The Labute approximate surface area is 165 Å². The van der Waals surface area contributed by atoms with Crippen LogP contribution >= 0.6 is 0 Å². The molecule has 1 N–H and O–H groups in total. The molecule has 0 unspecified atom stereocenters. The lowest BCUT2D eigenvalue weighted by molar-refractivity contribution is -0.135. The second kappa shape index (κ2) is 8.73. The normalized spacial score (nSPS) is 14.1. The highest BCUT2D eigenvalue weighted by molar-refractivity contribution is 5.99. The number of nitrogens with one attached hydrogen (secondary N) is 1. The van der Waals surface area contributed by atoms with Crippen molar-refractivity contribution in [1.82, 2.24) is 14.8 Å². The summed E-state index contributed by atoms with van der Waals surface area (Å²) in [5, 5.41) is 3.21. The number of aromatic nitrogens is 1. The maximum Gasteiger partial charge on any atom is 0.257 e. The van der Waals surface area contributed by atoms with E-state index in [4.69, 9.17) is 4.74 Å².